The van der Waals surface area contributed by atoms with Gasteiger partial charge in [-0.3, -0.25) is 0 Å². The molecule has 0 heterocycles. The number of thiol groups is 1. The molecule has 1 N–H and O–H groups in total. The first-order valence-corrected chi connectivity index (χ1v) is 3.70. The summed E-state index contributed by atoms with van der Waals surface area (Å²) in [6.07, 6.45) is 0. The zero-order valence-corrected chi connectivity index (χ0v) is 6.46. The van der Waals surface area contributed by atoms with Crippen LogP contribution in [0.4, 0.5) is 0 Å². The molecule has 2 heteroatoms. The third-order valence-electron chi connectivity index (χ3n) is 1.36. The first-order valence-electron chi connectivity index (χ1n) is 3.18. The van der Waals surface area contributed by atoms with E-state index in [2.05, 4.69) is 12.6 Å². The van der Waals surface area contributed by atoms with E-state index in [1.807, 2.05) is 30.3 Å². The van der Waals surface area contributed by atoms with Gasteiger partial charge in [0, 0.05) is 5.25 Å². The molecule has 0 saturated heterocycles. The topological polar surface area (TPSA) is 20.2 Å². The number of rotatable bonds is 2. The molecule has 1 nitrogen and oxygen atoms in total. The average molecular weight is 154 g/mol. The molecule has 1 aromatic carbocycles. The lowest BCUT2D eigenvalue weighted by molar-refractivity contribution is 0.297. The molecule has 0 bridgehead atoms. The molecule has 54 valence electrons. The molecule has 0 aliphatic carbocycles. The molecule has 0 aliphatic rings. The van der Waals surface area contributed by atoms with Crippen molar-refractivity contribution in [1.82, 2.24) is 0 Å². The zero-order chi connectivity index (χ0) is 7.40. The largest absolute Gasteiger partial charge is 0.395 e. The van der Waals surface area contributed by atoms with Gasteiger partial charge in [-0.05, 0) is 5.56 Å². The van der Waals surface area contributed by atoms with E-state index in [-0.39, 0.29) is 11.9 Å². The predicted molar refractivity (Wildman–Crippen MR) is 45.3 cm³/mol. The highest BCUT2D eigenvalue weighted by molar-refractivity contribution is 7.80. The molecule has 0 saturated carbocycles. The molecule has 1 aromatic rings. The van der Waals surface area contributed by atoms with Crippen molar-refractivity contribution < 1.29 is 5.11 Å². The van der Waals surface area contributed by atoms with Gasteiger partial charge in [0.1, 0.15) is 0 Å². The fraction of sp³-hybridized carbons (Fsp3) is 0.250. The lowest BCUT2D eigenvalue weighted by atomic mass is 10.2. The minimum absolute atomic E-state index is 0.0406. The Hall–Kier alpha value is -0.470. The summed E-state index contributed by atoms with van der Waals surface area (Å²) >= 11 is 4.17. The predicted octanol–water partition coefficient (Wildman–Crippen LogP) is 1.65. The number of aliphatic hydroxyl groups is 1. The fourth-order valence-electron chi connectivity index (χ4n) is 0.781. The van der Waals surface area contributed by atoms with Gasteiger partial charge in [-0.15, -0.1) is 0 Å². The maximum atomic E-state index is 8.71. The third kappa shape index (κ3) is 1.75. The van der Waals surface area contributed by atoms with Gasteiger partial charge in [-0.25, -0.2) is 0 Å². The van der Waals surface area contributed by atoms with Crippen molar-refractivity contribution in [3.8, 4) is 0 Å². The van der Waals surface area contributed by atoms with Gasteiger partial charge in [0.2, 0.25) is 0 Å². The van der Waals surface area contributed by atoms with E-state index in [4.69, 9.17) is 5.11 Å². The maximum Gasteiger partial charge on any atom is 0.0588 e. The van der Waals surface area contributed by atoms with Crippen LogP contribution in [0, 0.1) is 0 Å². The van der Waals surface area contributed by atoms with Crippen LogP contribution in [0.25, 0.3) is 0 Å². The molecule has 0 amide bonds. The second-order valence-electron chi connectivity index (χ2n) is 2.11. The Balaban J connectivity index is 2.75. The van der Waals surface area contributed by atoms with Gasteiger partial charge in [-0.1, -0.05) is 30.3 Å². The van der Waals surface area contributed by atoms with Crippen LogP contribution in [0.2, 0.25) is 0 Å². The monoisotopic (exact) mass is 154 g/mol. The highest BCUT2D eigenvalue weighted by Crippen LogP contribution is 2.17. The summed E-state index contributed by atoms with van der Waals surface area (Å²) in [7, 11) is 0. The lowest BCUT2D eigenvalue weighted by Gasteiger charge is -2.05. The molecule has 1 rings (SSSR count). The van der Waals surface area contributed by atoms with Crippen LogP contribution < -0.4 is 0 Å². The fourth-order valence-corrected chi connectivity index (χ4v) is 0.953. The minimum atomic E-state index is -0.0406. The van der Waals surface area contributed by atoms with Crippen LogP contribution in [-0.2, 0) is 0 Å². The van der Waals surface area contributed by atoms with Crippen molar-refractivity contribution in [2.24, 2.45) is 0 Å². The average Bonchev–Trinajstić information content (AvgIpc) is 2.05. The summed E-state index contributed by atoms with van der Waals surface area (Å²) in [4.78, 5) is 0. The number of hydrogen-bond donors (Lipinski definition) is 2. The first kappa shape index (κ1) is 7.63. The molecule has 1 atom stereocenters. The summed E-state index contributed by atoms with van der Waals surface area (Å²) < 4.78 is 0. The third-order valence-corrected chi connectivity index (χ3v) is 1.82. The van der Waals surface area contributed by atoms with E-state index >= 15 is 0 Å². The molecule has 0 spiro atoms. The van der Waals surface area contributed by atoms with E-state index < -0.39 is 0 Å². The van der Waals surface area contributed by atoms with Gasteiger partial charge in [0.25, 0.3) is 0 Å². The van der Waals surface area contributed by atoms with Gasteiger partial charge < -0.3 is 5.11 Å². The Morgan fingerprint density at radius 3 is 2.40 bits per heavy atom. The van der Waals surface area contributed by atoms with Crippen molar-refractivity contribution in [2.45, 2.75) is 5.25 Å². The normalized spacial score (nSPS) is 13.0. The van der Waals surface area contributed by atoms with Crippen LogP contribution in [-0.4, -0.2) is 11.7 Å². The SMILES string of the molecule is OC[C@@H](S)c1ccccc1. The summed E-state index contributed by atoms with van der Waals surface area (Å²) in [6, 6.07) is 9.73. The number of aliphatic hydroxyl groups excluding tert-OH is 1. The Labute approximate surface area is 66.1 Å². The zero-order valence-electron chi connectivity index (χ0n) is 5.57. The quantitative estimate of drug-likeness (QED) is 0.621. The summed E-state index contributed by atoms with van der Waals surface area (Å²) in [5, 5.41) is 8.67. The van der Waals surface area contributed by atoms with Crippen molar-refractivity contribution in [3.05, 3.63) is 35.9 Å². The van der Waals surface area contributed by atoms with Crippen LogP contribution in [0.5, 0.6) is 0 Å². The van der Waals surface area contributed by atoms with E-state index in [1.54, 1.807) is 0 Å². The van der Waals surface area contributed by atoms with Gasteiger partial charge >= 0.3 is 0 Å². The van der Waals surface area contributed by atoms with Crippen LogP contribution >= 0.6 is 12.6 Å². The van der Waals surface area contributed by atoms with Crippen molar-refractivity contribution in [1.29, 1.82) is 0 Å². The number of benzene rings is 1. The van der Waals surface area contributed by atoms with Gasteiger partial charge in [0.05, 0.1) is 6.61 Å². The van der Waals surface area contributed by atoms with Crippen LogP contribution in [0.1, 0.15) is 10.8 Å². The Morgan fingerprint density at radius 2 is 1.90 bits per heavy atom. The van der Waals surface area contributed by atoms with Gasteiger partial charge in [-0.2, -0.15) is 12.6 Å². The molecule has 0 aliphatic heterocycles. The Morgan fingerprint density at radius 1 is 1.30 bits per heavy atom. The molecular weight excluding hydrogens is 144 g/mol. The van der Waals surface area contributed by atoms with E-state index in [0.29, 0.717) is 0 Å². The smallest absolute Gasteiger partial charge is 0.0588 e. The minimum Gasteiger partial charge on any atom is -0.395 e. The standard InChI is InChI=1S/C8H10OS/c9-6-8(10)7-4-2-1-3-5-7/h1-5,8-10H,6H2/t8-/m1/s1. The van der Waals surface area contributed by atoms with Crippen molar-refractivity contribution in [2.75, 3.05) is 6.61 Å². The van der Waals surface area contributed by atoms with Gasteiger partial charge in [0.15, 0.2) is 0 Å². The van der Waals surface area contributed by atoms with E-state index in [9.17, 15) is 0 Å². The second kappa shape index (κ2) is 3.64. The molecule has 0 radical (unpaired) electrons. The van der Waals surface area contributed by atoms with E-state index in [0.717, 1.165) is 5.56 Å². The molecule has 10 heavy (non-hydrogen) atoms. The lowest BCUT2D eigenvalue weighted by Crippen LogP contribution is -1.94. The molecule has 0 aromatic heterocycles. The summed E-state index contributed by atoms with van der Waals surface area (Å²) in [6.45, 7) is 0.0904. The van der Waals surface area contributed by atoms with Crippen LogP contribution in [0.3, 0.4) is 0 Å². The van der Waals surface area contributed by atoms with Crippen LogP contribution in [0.15, 0.2) is 30.3 Å². The Kier molecular flexibility index (Phi) is 2.78. The Bertz CT molecular complexity index is 186. The second-order valence-corrected chi connectivity index (χ2v) is 2.73. The molecule has 0 unspecified atom stereocenters. The van der Waals surface area contributed by atoms with E-state index in [1.165, 1.54) is 0 Å². The summed E-state index contributed by atoms with van der Waals surface area (Å²) in [5.74, 6) is 0. The van der Waals surface area contributed by atoms with Crippen molar-refractivity contribution >= 4 is 12.6 Å². The highest BCUT2D eigenvalue weighted by atomic mass is 32.1. The number of hydrogen-bond acceptors (Lipinski definition) is 2. The maximum absolute atomic E-state index is 8.71. The molecule has 0 fully saturated rings. The highest BCUT2D eigenvalue weighted by Gasteiger charge is 2.01. The first-order chi connectivity index (χ1) is 4.84. The summed E-state index contributed by atoms with van der Waals surface area (Å²) in [5.41, 5.74) is 1.06. The molecular formula is C8H10OS. The van der Waals surface area contributed by atoms with Crippen molar-refractivity contribution in [3.63, 3.8) is 0 Å².